The summed E-state index contributed by atoms with van der Waals surface area (Å²) in [7, 11) is 0. The normalized spacial score (nSPS) is 11.6. The lowest BCUT2D eigenvalue weighted by Crippen LogP contribution is -2.17. The molecular weight excluding hydrogens is 283 g/mol. The molecule has 7 heteroatoms. The molecule has 2 aromatic rings. The number of amides is 1. The lowest BCUT2D eigenvalue weighted by molar-refractivity contribution is -0.137. The van der Waals surface area contributed by atoms with Crippen LogP contribution in [0.5, 0.6) is 0 Å². The van der Waals surface area contributed by atoms with Gasteiger partial charge in [0, 0.05) is 12.4 Å². The number of alkyl halides is 3. The van der Waals surface area contributed by atoms with E-state index >= 15 is 0 Å². The summed E-state index contributed by atoms with van der Waals surface area (Å²) in [6, 6.07) is 7.76. The number of carbonyl (C=O) groups is 1. The second-order valence-corrected chi connectivity index (χ2v) is 4.06. The van der Waals surface area contributed by atoms with Crippen LogP contribution in [0.25, 0.3) is 0 Å². The zero-order chi connectivity index (χ0) is 15.3. The smallest absolute Gasteiger partial charge is 0.267 e. The van der Waals surface area contributed by atoms with Crippen molar-refractivity contribution in [2.75, 3.05) is 0 Å². The van der Waals surface area contributed by atoms with E-state index in [9.17, 15) is 18.0 Å². The maximum absolute atomic E-state index is 12.5. The molecule has 1 aromatic carbocycles. The number of carbonyl (C=O) groups excluding carboxylic acids is 1. The standard InChI is InChI=1S/C14H10F3N3O/c15-14(16,17)12-5-1-3-10(7-12)8-19-20-13(21)11-4-2-6-18-9-11/h1-9H,(H,20,21)/b19-8+. The highest BCUT2D eigenvalue weighted by Crippen LogP contribution is 2.29. The number of rotatable bonds is 3. The van der Waals surface area contributed by atoms with E-state index in [-0.39, 0.29) is 5.56 Å². The van der Waals surface area contributed by atoms with Crippen molar-refractivity contribution in [3.8, 4) is 0 Å². The summed E-state index contributed by atoms with van der Waals surface area (Å²) in [6.45, 7) is 0. The SMILES string of the molecule is O=C(N/N=C/c1cccc(C(F)(F)F)c1)c1cccnc1. The number of nitrogens with zero attached hydrogens (tertiary/aromatic N) is 2. The molecule has 0 spiro atoms. The van der Waals surface area contributed by atoms with Crippen LogP contribution in [0, 0.1) is 0 Å². The maximum atomic E-state index is 12.5. The first kappa shape index (κ1) is 14.7. The summed E-state index contributed by atoms with van der Waals surface area (Å²) in [5, 5.41) is 3.62. The third-order valence-corrected chi connectivity index (χ3v) is 2.52. The Morgan fingerprint density at radius 3 is 2.71 bits per heavy atom. The number of hydrazone groups is 1. The summed E-state index contributed by atoms with van der Waals surface area (Å²) < 4.78 is 37.6. The Morgan fingerprint density at radius 2 is 2.05 bits per heavy atom. The molecule has 0 atom stereocenters. The van der Waals surface area contributed by atoms with Crippen LogP contribution in [0.2, 0.25) is 0 Å². The number of benzene rings is 1. The van der Waals surface area contributed by atoms with Gasteiger partial charge in [0.2, 0.25) is 0 Å². The van der Waals surface area contributed by atoms with Crippen LogP contribution >= 0.6 is 0 Å². The molecule has 0 unspecified atom stereocenters. The minimum absolute atomic E-state index is 0.233. The molecule has 2 rings (SSSR count). The van der Waals surface area contributed by atoms with E-state index in [1.165, 1.54) is 24.5 Å². The second kappa shape index (κ2) is 6.17. The third-order valence-electron chi connectivity index (χ3n) is 2.52. The number of hydrogen-bond acceptors (Lipinski definition) is 3. The molecule has 0 aliphatic carbocycles. The molecule has 0 saturated carbocycles. The first-order chi connectivity index (χ1) is 9.97. The van der Waals surface area contributed by atoms with Crippen LogP contribution in [0.3, 0.4) is 0 Å². The molecule has 0 saturated heterocycles. The molecule has 21 heavy (non-hydrogen) atoms. The highest BCUT2D eigenvalue weighted by Gasteiger charge is 2.30. The van der Waals surface area contributed by atoms with Gasteiger partial charge in [-0.3, -0.25) is 9.78 Å². The molecule has 1 heterocycles. The van der Waals surface area contributed by atoms with E-state index in [4.69, 9.17) is 0 Å². The van der Waals surface area contributed by atoms with E-state index in [1.807, 2.05) is 0 Å². The van der Waals surface area contributed by atoms with Gasteiger partial charge in [0.1, 0.15) is 0 Å². The van der Waals surface area contributed by atoms with Crippen molar-refractivity contribution < 1.29 is 18.0 Å². The lowest BCUT2D eigenvalue weighted by atomic mass is 10.1. The number of pyridine rings is 1. The monoisotopic (exact) mass is 293 g/mol. The van der Waals surface area contributed by atoms with E-state index < -0.39 is 17.6 Å². The summed E-state index contributed by atoms with van der Waals surface area (Å²) in [5.41, 5.74) is 1.98. The van der Waals surface area contributed by atoms with Gasteiger partial charge in [-0.05, 0) is 29.8 Å². The largest absolute Gasteiger partial charge is 0.416 e. The Morgan fingerprint density at radius 1 is 1.24 bits per heavy atom. The van der Waals surface area contributed by atoms with E-state index in [0.29, 0.717) is 5.56 Å². The van der Waals surface area contributed by atoms with Gasteiger partial charge in [0.05, 0.1) is 17.3 Å². The van der Waals surface area contributed by atoms with Crippen LogP contribution in [-0.2, 0) is 6.18 Å². The van der Waals surface area contributed by atoms with Crippen molar-refractivity contribution in [2.24, 2.45) is 5.10 Å². The summed E-state index contributed by atoms with van der Waals surface area (Å²) >= 11 is 0. The van der Waals surface area contributed by atoms with E-state index in [2.05, 4.69) is 15.5 Å². The van der Waals surface area contributed by atoms with Gasteiger partial charge in [-0.2, -0.15) is 18.3 Å². The molecule has 0 aliphatic rings. The average Bonchev–Trinajstić information content (AvgIpc) is 2.47. The average molecular weight is 293 g/mol. The van der Waals surface area contributed by atoms with Crippen LogP contribution in [0.15, 0.2) is 53.9 Å². The molecule has 0 radical (unpaired) electrons. The molecule has 0 bridgehead atoms. The predicted octanol–water partition coefficient (Wildman–Crippen LogP) is 2.86. The topological polar surface area (TPSA) is 54.4 Å². The van der Waals surface area contributed by atoms with Gasteiger partial charge in [0.15, 0.2) is 0 Å². The van der Waals surface area contributed by atoms with Crippen molar-refractivity contribution in [3.63, 3.8) is 0 Å². The van der Waals surface area contributed by atoms with Crippen LogP contribution in [0.1, 0.15) is 21.5 Å². The van der Waals surface area contributed by atoms with Crippen molar-refractivity contribution >= 4 is 12.1 Å². The summed E-state index contributed by atoms with van der Waals surface area (Å²) in [5.74, 6) is -0.494. The Labute approximate surface area is 118 Å². The van der Waals surface area contributed by atoms with Crippen molar-refractivity contribution in [3.05, 3.63) is 65.5 Å². The van der Waals surface area contributed by atoms with E-state index in [0.717, 1.165) is 18.3 Å². The Hall–Kier alpha value is -2.70. The minimum Gasteiger partial charge on any atom is -0.267 e. The second-order valence-electron chi connectivity index (χ2n) is 4.06. The highest BCUT2D eigenvalue weighted by molar-refractivity contribution is 5.94. The number of halogens is 3. The Kier molecular flexibility index (Phi) is 4.32. The molecule has 0 fully saturated rings. The van der Waals surface area contributed by atoms with Crippen molar-refractivity contribution in [1.82, 2.24) is 10.4 Å². The van der Waals surface area contributed by atoms with Gasteiger partial charge < -0.3 is 0 Å². The minimum atomic E-state index is -4.41. The summed E-state index contributed by atoms with van der Waals surface area (Å²) in [4.78, 5) is 15.4. The van der Waals surface area contributed by atoms with Crippen LogP contribution in [-0.4, -0.2) is 17.1 Å². The molecule has 1 aromatic heterocycles. The zero-order valence-corrected chi connectivity index (χ0v) is 10.6. The molecular formula is C14H10F3N3O. The predicted molar refractivity (Wildman–Crippen MR) is 70.7 cm³/mol. The zero-order valence-electron chi connectivity index (χ0n) is 10.6. The first-order valence-corrected chi connectivity index (χ1v) is 5.87. The third kappa shape index (κ3) is 4.13. The number of nitrogens with one attached hydrogen (secondary N) is 1. The van der Waals surface area contributed by atoms with Crippen LogP contribution < -0.4 is 5.43 Å². The Bertz CT molecular complexity index is 654. The fourth-order valence-electron chi connectivity index (χ4n) is 1.52. The Balaban J connectivity index is 2.04. The van der Waals surface area contributed by atoms with E-state index in [1.54, 1.807) is 12.1 Å². The maximum Gasteiger partial charge on any atom is 0.416 e. The highest BCUT2D eigenvalue weighted by atomic mass is 19.4. The van der Waals surface area contributed by atoms with Crippen molar-refractivity contribution in [1.29, 1.82) is 0 Å². The van der Waals surface area contributed by atoms with Gasteiger partial charge in [-0.25, -0.2) is 5.43 Å². The quantitative estimate of drug-likeness (QED) is 0.699. The van der Waals surface area contributed by atoms with Gasteiger partial charge in [-0.15, -0.1) is 0 Å². The number of hydrogen-bond donors (Lipinski definition) is 1. The first-order valence-electron chi connectivity index (χ1n) is 5.87. The van der Waals surface area contributed by atoms with Gasteiger partial charge in [-0.1, -0.05) is 12.1 Å². The fourth-order valence-corrected chi connectivity index (χ4v) is 1.52. The van der Waals surface area contributed by atoms with Crippen molar-refractivity contribution in [2.45, 2.75) is 6.18 Å². The molecule has 0 aliphatic heterocycles. The van der Waals surface area contributed by atoms with Crippen LogP contribution in [0.4, 0.5) is 13.2 Å². The lowest BCUT2D eigenvalue weighted by Gasteiger charge is -2.06. The summed E-state index contributed by atoms with van der Waals surface area (Å²) in [6.07, 6.45) is -0.399. The molecule has 4 nitrogen and oxygen atoms in total. The molecule has 1 amide bonds. The van der Waals surface area contributed by atoms with Gasteiger partial charge >= 0.3 is 6.18 Å². The fraction of sp³-hybridized carbons (Fsp3) is 0.0714. The number of aromatic nitrogens is 1. The van der Waals surface area contributed by atoms with Gasteiger partial charge in [0.25, 0.3) is 5.91 Å². The molecule has 108 valence electrons. The molecule has 1 N–H and O–H groups in total.